The topological polar surface area (TPSA) is 6.48 Å². The number of halogens is 1. The zero-order valence-corrected chi connectivity index (χ0v) is 9.99. The van der Waals surface area contributed by atoms with Gasteiger partial charge in [0.1, 0.15) is 5.82 Å². The van der Waals surface area contributed by atoms with E-state index in [4.69, 9.17) is 0 Å². The summed E-state index contributed by atoms with van der Waals surface area (Å²) >= 11 is 0. The molecule has 1 aromatic carbocycles. The summed E-state index contributed by atoms with van der Waals surface area (Å²) in [6, 6.07) is 7.43. The summed E-state index contributed by atoms with van der Waals surface area (Å²) in [4.78, 5) is 4.80. The summed E-state index contributed by atoms with van der Waals surface area (Å²) in [6.45, 7) is 6.48. The van der Waals surface area contributed by atoms with Crippen molar-refractivity contribution in [3.63, 3.8) is 0 Å². The van der Waals surface area contributed by atoms with E-state index in [1.165, 1.54) is 17.7 Å². The van der Waals surface area contributed by atoms with Crippen LogP contribution in [0.2, 0.25) is 0 Å². The summed E-state index contributed by atoms with van der Waals surface area (Å²) in [7, 11) is 2.17. The van der Waals surface area contributed by atoms with Crippen LogP contribution in [0.4, 0.5) is 4.39 Å². The molecule has 0 aromatic heterocycles. The zero-order valence-electron chi connectivity index (χ0n) is 9.99. The van der Waals surface area contributed by atoms with Crippen LogP contribution in [0.25, 0.3) is 0 Å². The molecule has 0 spiro atoms. The Hall–Kier alpha value is -0.930. The van der Waals surface area contributed by atoms with Crippen LogP contribution in [-0.4, -0.2) is 42.5 Å². The molecule has 2 rings (SSSR count). The quantitative estimate of drug-likeness (QED) is 0.754. The lowest BCUT2D eigenvalue weighted by molar-refractivity contribution is 0.1000. The van der Waals surface area contributed by atoms with Gasteiger partial charge in [0.15, 0.2) is 0 Å². The van der Waals surface area contributed by atoms with Crippen LogP contribution in [-0.2, 0) is 6.54 Å². The molecule has 1 heterocycles. The van der Waals surface area contributed by atoms with Gasteiger partial charge < -0.3 is 4.90 Å². The lowest BCUT2D eigenvalue weighted by Gasteiger charge is -2.37. The number of nitrogens with zero attached hydrogens (tertiary/aromatic N) is 2. The van der Waals surface area contributed by atoms with Crippen molar-refractivity contribution < 1.29 is 4.39 Å². The molecule has 1 aromatic rings. The van der Waals surface area contributed by atoms with Crippen LogP contribution >= 0.6 is 0 Å². The molecule has 1 saturated heterocycles. The fourth-order valence-electron chi connectivity index (χ4n) is 2.12. The van der Waals surface area contributed by atoms with Gasteiger partial charge in [-0.3, -0.25) is 4.90 Å². The molecule has 1 fully saturated rings. The van der Waals surface area contributed by atoms with E-state index < -0.39 is 0 Å². The first-order chi connectivity index (χ1) is 7.65. The molecule has 0 bridgehead atoms. The Morgan fingerprint density at radius 1 is 1.25 bits per heavy atom. The van der Waals surface area contributed by atoms with Crippen molar-refractivity contribution in [3.05, 3.63) is 35.6 Å². The number of rotatable bonds is 2. The monoisotopic (exact) mass is 222 g/mol. The molecule has 16 heavy (non-hydrogen) atoms. The Balaban J connectivity index is 1.93. The van der Waals surface area contributed by atoms with Crippen LogP contribution in [0.5, 0.6) is 0 Å². The predicted octanol–water partition coefficient (Wildman–Crippen LogP) is 1.96. The normalized spacial score (nSPS) is 23.6. The maximum absolute atomic E-state index is 12.8. The number of hydrogen-bond acceptors (Lipinski definition) is 2. The highest BCUT2D eigenvalue weighted by molar-refractivity contribution is 5.16. The van der Waals surface area contributed by atoms with Gasteiger partial charge >= 0.3 is 0 Å². The molecule has 88 valence electrons. The smallest absolute Gasteiger partial charge is 0.123 e. The van der Waals surface area contributed by atoms with Gasteiger partial charge in [-0.05, 0) is 31.7 Å². The van der Waals surface area contributed by atoms with Crippen LogP contribution in [0.3, 0.4) is 0 Å². The number of hydrogen-bond donors (Lipinski definition) is 0. The van der Waals surface area contributed by atoms with Crippen molar-refractivity contribution in [2.24, 2.45) is 0 Å². The van der Waals surface area contributed by atoms with Gasteiger partial charge in [0, 0.05) is 32.2 Å². The molecule has 0 radical (unpaired) electrons. The van der Waals surface area contributed by atoms with E-state index >= 15 is 0 Å². The van der Waals surface area contributed by atoms with E-state index in [1.807, 2.05) is 12.1 Å². The second-order valence-electron chi connectivity index (χ2n) is 4.69. The van der Waals surface area contributed by atoms with Gasteiger partial charge in [0.05, 0.1) is 0 Å². The first kappa shape index (κ1) is 11.6. The Morgan fingerprint density at radius 3 is 2.56 bits per heavy atom. The minimum absolute atomic E-state index is 0.157. The fraction of sp³-hybridized carbons (Fsp3) is 0.538. The molecule has 1 aliphatic heterocycles. The zero-order chi connectivity index (χ0) is 11.5. The van der Waals surface area contributed by atoms with Crippen LogP contribution in [0.1, 0.15) is 12.5 Å². The number of benzene rings is 1. The highest BCUT2D eigenvalue weighted by Crippen LogP contribution is 2.11. The highest BCUT2D eigenvalue weighted by atomic mass is 19.1. The number of piperazine rings is 1. The second kappa shape index (κ2) is 4.93. The molecule has 0 N–H and O–H groups in total. The first-order valence-corrected chi connectivity index (χ1v) is 5.82. The summed E-state index contributed by atoms with van der Waals surface area (Å²) in [6.07, 6.45) is 0. The molecule has 0 amide bonds. The van der Waals surface area contributed by atoms with Crippen LogP contribution in [0.15, 0.2) is 24.3 Å². The Morgan fingerprint density at radius 2 is 1.94 bits per heavy atom. The van der Waals surface area contributed by atoms with Gasteiger partial charge in [-0.2, -0.15) is 0 Å². The van der Waals surface area contributed by atoms with Gasteiger partial charge in [-0.25, -0.2) is 4.39 Å². The largest absolute Gasteiger partial charge is 0.301 e. The molecule has 1 atom stereocenters. The van der Waals surface area contributed by atoms with Crippen molar-refractivity contribution in [3.8, 4) is 0 Å². The molecule has 2 nitrogen and oxygen atoms in total. The van der Waals surface area contributed by atoms with Crippen molar-refractivity contribution in [1.82, 2.24) is 9.80 Å². The Kier molecular flexibility index (Phi) is 3.56. The van der Waals surface area contributed by atoms with Gasteiger partial charge in [-0.15, -0.1) is 0 Å². The average molecular weight is 222 g/mol. The Labute approximate surface area is 96.7 Å². The molecule has 0 saturated carbocycles. The van der Waals surface area contributed by atoms with Crippen molar-refractivity contribution in [2.75, 3.05) is 26.7 Å². The number of likely N-dealkylation sites (N-methyl/N-ethyl adjacent to an activating group) is 1. The molecule has 1 aliphatic rings. The third-order valence-corrected chi connectivity index (χ3v) is 3.36. The summed E-state index contributed by atoms with van der Waals surface area (Å²) in [5, 5.41) is 0. The lowest BCUT2D eigenvalue weighted by Crippen LogP contribution is -2.49. The molecular formula is C13H19FN2. The SMILES string of the molecule is CC1CN(Cc2ccc(F)cc2)CCN1C. The van der Waals surface area contributed by atoms with E-state index in [2.05, 4.69) is 23.8 Å². The highest BCUT2D eigenvalue weighted by Gasteiger charge is 2.20. The van der Waals surface area contributed by atoms with E-state index in [1.54, 1.807) is 0 Å². The van der Waals surface area contributed by atoms with Crippen molar-refractivity contribution >= 4 is 0 Å². The fourth-order valence-corrected chi connectivity index (χ4v) is 2.12. The minimum atomic E-state index is -0.157. The predicted molar refractivity (Wildman–Crippen MR) is 63.8 cm³/mol. The van der Waals surface area contributed by atoms with Gasteiger partial charge in [0.2, 0.25) is 0 Å². The average Bonchev–Trinajstić information content (AvgIpc) is 2.27. The molecular weight excluding hydrogens is 203 g/mol. The van der Waals surface area contributed by atoms with Crippen molar-refractivity contribution in [2.45, 2.75) is 19.5 Å². The third-order valence-electron chi connectivity index (χ3n) is 3.36. The molecule has 0 aliphatic carbocycles. The standard InChI is InChI=1S/C13H19FN2/c1-11-9-16(8-7-15(11)2)10-12-3-5-13(14)6-4-12/h3-6,11H,7-10H2,1-2H3. The second-order valence-corrected chi connectivity index (χ2v) is 4.69. The van der Waals surface area contributed by atoms with Crippen LogP contribution < -0.4 is 0 Å². The summed E-state index contributed by atoms with van der Waals surface area (Å²) in [5.41, 5.74) is 1.19. The minimum Gasteiger partial charge on any atom is -0.301 e. The van der Waals surface area contributed by atoms with E-state index in [0.29, 0.717) is 6.04 Å². The summed E-state index contributed by atoms with van der Waals surface area (Å²) in [5.74, 6) is -0.157. The third kappa shape index (κ3) is 2.80. The van der Waals surface area contributed by atoms with Crippen LogP contribution in [0, 0.1) is 5.82 Å². The van der Waals surface area contributed by atoms with E-state index in [-0.39, 0.29) is 5.82 Å². The molecule has 1 unspecified atom stereocenters. The first-order valence-electron chi connectivity index (χ1n) is 5.82. The Bertz CT molecular complexity index is 336. The maximum Gasteiger partial charge on any atom is 0.123 e. The van der Waals surface area contributed by atoms with Crippen molar-refractivity contribution in [1.29, 1.82) is 0 Å². The van der Waals surface area contributed by atoms with Gasteiger partial charge in [-0.1, -0.05) is 12.1 Å². The maximum atomic E-state index is 12.8. The summed E-state index contributed by atoms with van der Waals surface area (Å²) < 4.78 is 12.8. The van der Waals surface area contributed by atoms with Gasteiger partial charge in [0.25, 0.3) is 0 Å². The van der Waals surface area contributed by atoms with E-state index in [9.17, 15) is 4.39 Å². The lowest BCUT2D eigenvalue weighted by atomic mass is 10.1. The molecule has 3 heteroatoms. The van der Waals surface area contributed by atoms with E-state index in [0.717, 1.165) is 26.2 Å².